The van der Waals surface area contributed by atoms with Crippen LogP contribution in [0.3, 0.4) is 0 Å². The Balaban J connectivity index is 1.95. The van der Waals surface area contributed by atoms with Gasteiger partial charge in [-0.05, 0) is 71.1 Å². The lowest BCUT2D eigenvalue weighted by atomic mass is 10.0. The van der Waals surface area contributed by atoms with Gasteiger partial charge in [0.25, 0.3) is 5.91 Å². The highest BCUT2D eigenvalue weighted by Crippen LogP contribution is 2.30. The fourth-order valence-electron chi connectivity index (χ4n) is 4.00. The maximum absolute atomic E-state index is 13.8. The van der Waals surface area contributed by atoms with Crippen LogP contribution in [0.4, 0.5) is 0 Å². The number of hydrogen-bond acceptors (Lipinski definition) is 3. The number of carbonyl (C=O) groups excluding carboxylic acids is 2. The molecule has 0 fully saturated rings. The van der Waals surface area contributed by atoms with Crippen LogP contribution in [-0.2, 0) is 22.6 Å². The Morgan fingerprint density at radius 3 is 2.18 bits per heavy atom. The van der Waals surface area contributed by atoms with E-state index in [1.165, 1.54) is 4.90 Å². The Morgan fingerprint density at radius 1 is 0.947 bits per heavy atom. The number of hydrogen-bond donors (Lipinski definition) is 1. The topological polar surface area (TPSA) is 58.6 Å². The van der Waals surface area contributed by atoms with Crippen molar-refractivity contribution < 1.29 is 14.3 Å². The van der Waals surface area contributed by atoms with Gasteiger partial charge in [0.05, 0.1) is 4.47 Å². The molecule has 0 bridgehead atoms. The van der Waals surface area contributed by atoms with Crippen molar-refractivity contribution in [1.29, 1.82) is 0 Å². The van der Waals surface area contributed by atoms with Gasteiger partial charge in [0.15, 0.2) is 6.61 Å². The van der Waals surface area contributed by atoms with Crippen LogP contribution in [0.5, 0.6) is 5.75 Å². The molecule has 3 rings (SSSR count). The van der Waals surface area contributed by atoms with Crippen LogP contribution < -0.4 is 10.1 Å². The van der Waals surface area contributed by atoms with E-state index in [1.807, 2.05) is 62.4 Å². The molecule has 0 aliphatic rings. The standard InChI is InChI=1S/C30H33BrCl2N2O3/c1-19(2)22-13-14-28(24(31)16-22)38-18-29(36)35(17-23-25(32)11-8-12-26(23)33)27(30(37)34-20(3)4)15-21-9-6-5-7-10-21/h5-14,16,19-20,27H,15,17-18H2,1-4H3,(H,34,37). The van der Waals surface area contributed by atoms with Crippen molar-refractivity contribution in [1.82, 2.24) is 10.2 Å². The summed E-state index contributed by atoms with van der Waals surface area (Å²) < 4.78 is 6.70. The van der Waals surface area contributed by atoms with Gasteiger partial charge in [-0.15, -0.1) is 0 Å². The van der Waals surface area contributed by atoms with Gasteiger partial charge in [-0.25, -0.2) is 0 Å². The number of benzene rings is 3. The number of nitrogens with zero attached hydrogens (tertiary/aromatic N) is 1. The maximum Gasteiger partial charge on any atom is 0.261 e. The Labute approximate surface area is 243 Å². The predicted octanol–water partition coefficient (Wildman–Crippen LogP) is 7.42. The van der Waals surface area contributed by atoms with E-state index in [4.69, 9.17) is 27.9 Å². The Hall–Kier alpha value is -2.54. The van der Waals surface area contributed by atoms with Crippen molar-refractivity contribution in [3.63, 3.8) is 0 Å². The summed E-state index contributed by atoms with van der Waals surface area (Å²) in [7, 11) is 0. The predicted molar refractivity (Wildman–Crippen MR) is 158 cm³/mol. The van der Waals surface area contributed by atoms with E-state index in [9.17, 15) is 9.59 Å². The van der Waals surface area contributed by atoms with Crippen LogP contribution in [-0.4, -0.2) is 35.4 Å². The van der Waals surface area contributed by atoms with E-state index in [-0.39, 0.29) is 31.0 Å². The smallest absolute Gasteiger partial charge is 0.261 e. The molecular weight excluding hydrogens is 587 g/mol. The normalized spacial score (nSPS) is 11.9. The van der Waals surface area contributed by atoms with Crippen molar-refractivity contribution in [2.24, 2.45) is 0 Å². The van der Waals surface area contributed by atoms with Crippen LogP contribution >= 0.6 is 39.1 Å². The number of carbonyl (C=O) groups is 2. The molecule has 0 saturated heterocycles. The molecule has 8 heteroatoms. The first-order chi connectivity index (χ1) is 18.1. The zero-order valence-electron chi connectivity index (χ0n) is 22.0. The third-order valence-corrected chi connectivity index (χ3v) is 7.39. The number of nitrogens with one attached hydrogen (secondary N) is 1. The van der Waals surface area contributed by atoms with Gasteiger partial charge in [0.1, 0.15) is 11.8 Å². The minimum atomic E-state index is -0.810. The number of halogens is 3. The van der Waals surface area contributed by atoms with Gasteiger partial charge in [0.2, 0.25) is 5.91 Å². The molecular formula is C30H33BrCl2N2O3. The van der Waals surface area contributed by atoms with Crippen molar-refractivity contribution in [3.8, 4) is 5.75 Å². The molecule has 3 aromatic carbocycles. The lowest BCUT2D eigenvalue weighted by Crippen LogP contribution is -2.52. The quantitative estimate of drug-likeness (QED) is 0.243. The first-order valence-corrected chi connectivity index (χ1v) is 14.1. The average molecular weight is 620 g/mol. The maximum atomic E-state index is 13.8. The van der Waals surface area contributed by atoms with E-state index in [1.54, 1.807) is 18.2 Å². The molecule has 1 unspecified atom stereocenters. The molecule has 1 N–H and O–H groups in total. The summed E-state index contributed by atoms with van der Waals surface area (Å²) in [4.78, 5) is 28.8. The van der Waals surface area contributed by atoms with Gasteiger partial charge in [-0.1, -0.05) is 79.5 Å². The lowest BCUT2D eigenvalue weighted by molar-refractivity contribution is -0.143. The fraction of sp³-hybridized carbons (Fsp3) is 0.333. The molecule has 38 heavy (non-hydrogen) atoms. The largest absolute Gasteiger partial charge is 0.483 e. The summed E-state index contributed by atoms with van der Waals surface area (Å²) >= 11 is 16.5. The van der Waals surface area contributed by atoms with Gasteiger partial charge >= 0.3 is 0 Å². The van der Waals surface area contributed by atoms with Crippen molar-refractivity contribution in [2.75, 3.05) is 6.61 Å². The van der Waals surface area contributed by atoms with E-state index in [2.05, 4.69) is 35.1 Å². The van der Waals surface area contributed by atoms with Crippen LogP contribution in [0, 0.1) is 0 Å². The second-order valence-corrected chi connectivity index (χ2v) is 11.4. The van der Waals surface area contributed by atoms with Crippen LogP contribution in [0.25, 0.3) is 0 Å². The SMILES string of the molecule is CC(C)NC(=O)C(Cc1ccccc1)N(Cc1c(Cl)cccc1Cl)C(=O)COc1ccc(C(C)C)cc1Br. The van der Waals surface area contributed by atoms with Crippen LogP contribution in [0.15, 0.2) is 71.2 Å². The molecule has 1 atom stereocenters. The Bertz CT molecular complexity index is 1230. The van der Waals surface area contributed by atoms with Gasteiger partial charge in [0, 0.05) is 34.6 Å². The van der Waals surface area contributed by atoms with E-state index >= 15 is 0 Å². The first kappa shape index (κ1) is 30.0. The number of amides is 2. The number of ether oxygens (including phenoxy) is 1. The second-order valence-electron chi connectivity index (χ2n) is 9.72. The average Bonchev–Trinajstić information content (AvgIpc) is 2.86. The molecule has 0 aliphatic heterocycles. The molecule has 0 aromatic heterocycles. The van der Waals surface area contributed by atoms with Crippen molar-refractivity contribution in [3.05, 3.63) is 97.9 Å². The summed E-state index contributed by atoms with van der Waals surface area (Å²) in [5, 5.41) is 3.81. The molecule has 0 saturated carbocycles. The van der Waals surface area contributed by atoms with Crippen molar-refractivity contribution in [2.45, 2.75) is 58.7 Å². The minimum absolute atomic E-state index is 0.0528. The van der Waals surface area contributed by atoms with E-state index in [0.717, 1.165) is 15.6 Å². The third-order valence-electron chi connectivity index (χ3n) is 6.07. The zero-order valence-corrected chi connectivity index (χ0v) is 25.1. The molecule has 0 radical (unpaired) electrons. The van der Waals surface area contributed by atoms with E-state index in [0.29, 0.717) is 33.7 Å². The molecule has 0 aliphatic carbocycles. The van der Waals surface area contributed by atoms with E-state index < -0.39 is 6.04 Å². The Kier molecular flexibility index (Phi) is 11.1. The Morgan fingerprint density at radius 2 is 1.61 bits per heavy atom. The summed E-state index contributed by atoms with van der Waals surface area (Å²) in [5.41, 5.74) is 2.65. The highest BCUT2D eigenvalue weighted by Gasteiger charge is 2.32. The van der Waals surface area contributed by atoms with Gasteiger partial charge in [-0.2, -0.15) is 0 Å². The zero-order chi connectivity index (χ0) is 27.8. The van der Waals surface area contributed by atoms with Gasteiger partial charge in [-0.3, -0.25) is 9.59 Å². The minimum Gasteiger partial charge on any atom is -0.483 e. The third kappa shape index (κ3) is 8.23. The molecule has 5 nitrogen and oxygen atoms in total. The molecule has 3 aromatic rings. The number of rotatable bonds is 11. The first-order valence-electron chi connectivity index (χ1n) is 12.6. The molecule has 2 amide bonds. The molecule has 202 valence electrons. The monoisotopic (exact) mass is 618 g/mol. The van der Waals surface area contributed by atoms with Crippen LogP contribution in [0.1, 0.15) is 50.3 Å². The summed E-state index contributed by atoms with van der Waals surface area (Å²) in [5.74, 6) is 0.282. The summed E-state index contributed by atoms with van der Waals surface area (Å²) in [6.07, 6.45) is 0.319. The second kappa shape index (κ2) is 14.0. The van der Waals surface area contributed by atoms with Gasteiger partial charge < -0.3 is 15.0 Å². The summed E-state index contributed by atoms with van der Waals surface area (Å²) in [6.45, 7) is 7.78. The van der Waals surface area contributed by atoms with Crippen LogP contribution in [0.2, 0.25) is 10.0 Å². The lowest BCUT2D eigenvalue weighted by Gasteiger charge is -2.32. The molecule has 0 heterocycles. The highest BCUT2D eigenvalue weighted by molar-refractivity contribution is 9.10. The molecule has 0 spiro atoms. The fourth-order valence-corrected chi connectivity index (χ4v) is 5.03. The highest BCUT2D eigenvalue weighted by atomic mass is 79.9. The summed E-state index contributed by atoms with van der Waals surface area (Å²) in [6, 6.07) is 19.7. The van der Waals surface area contributed by atoms with Crippen molar-refractivity contribution >= 4 is 50.9 Å².